The van der Waals surface area contributed by atoms with E-state index in [0.717, 1.165) is 15.4 Å². The molecule has 0 atom stereocenters. The summed E-state index contributed by atoms with van der Waals surface area (Å²) in [6, 6.07) is 12.2. The topological polar surface area (TPSA) is 17.1 Å². The Morgan fingerprint density at radius 2 is 2.00 bits per heavy atom. The van der Waals surface area contributed by atoms with Gasteiger partial charge in [0, 0.05) is 10.9 Å². The molecule has 0 N–H and O–H groups in total. The van der Waals surface area contributed by atoms with Crippen LogP contribution in [0.25, 0.3) is 10.8 Å². The van der Waals surface area contributed by atoms with E-state index >= 15 is 0 Å². The first-order valence-corrected chi connectivity index (χ1v) is 6.33. The van der Waals surface area contributed by atoms with Crippen molar-refractivity contribution in [2.75, 3.05) is 0 Å². The highest BCUT2D eigenvalue weighted by Crippen LogP contribution is 2.28. The van der Waals surface area contributed by atoms with Gasteiger partial charge in [-0.15, -0.1) is 0 Å². The van der Waals surface area contributed by atoms with E-state index in [1.807, 2.05) is 25.1 Å². The van der Waals surface area contributed by atoms with Gasteiger partial charge in [-0.25, -0.2) is 0 Å². The lowest BCUT2D eigenvalue weighted by atomic mass is 10.0. The lowest BCUT2D eigenvalue weighted by Crippen LogP contribution is -1.99. The zero-order valence-electron chi connectivity index (χ0n) is 9.61. The molecule has 0 radical (unpaired) electrons. The van der Waals surface area contributed by atoms with E-state index in [0.29, 0.717) is 6.42 Å². The number of ketones is 1. The molecule has 0 unspecified atom stereocenters. The summed E-state index contributed by atoms with van der Waals surface area (Å²) < 4.78 is 1.02. The van der Waals surface area contributed by atoms with Crippen LogP contribution in [0.2, 0.25) is 0 Å². The molecule has 0 saturated carbocycles. The Kier molecular flexibility index (Phi) is 3.75. The van der Waals surface area contributed by atoms with Crippen molar-refractivity contribution >= 4 is 32.5 Å². The molecule has 0 spiro atoms. The molecule has 2 aromatic carbocycles. The maximum atomic E-state index is 11.6. The standard InChI is InChI=1S/C15H13BrO/c1-2-5-13(17)10-12-9-8-11-6-3-4-7-14(11)15(12)16/h2-9H,10H2,1H3/b5-2-. The summed E-state index contributed by atoms with van der Waals surface area (Å²) in [6.07, 6.45) is 3.83. The summed E-state index contributed by atoms with van der Waals surface area (Å²) in [5.74, 6) is 0.128. The van der Waals surface area contributed by atoms with Crippen LogP contribution in [0.1, 0.15) is 12.5 Å². The molecule has 0 aliphatic carbocycles. The Hall–Kier alpha value is -1.41. The quantitative estimate of drug-likeness (QED) is 0.770. The van der Waals surface area contributed by atoms with Crippen LogP contribution >= 0.6 is 15.9 Å². The van der Waals surface area contributed by atoms with Gasteiger partial charge in [0.2, 0.25) is 0 Å². The summed E-state index contributed by atoms with van der Waals surface area (Å²) in [6.45, 7) is 1.85. The number of hydrogen-bond acceptors (Lipinski definition) is 1. The lowest BCUT2D eigenvalue weighted by molar-refractivity contribution is -0.114. The van der Waals surface area contributed by atoms with E-state index in [9.17, 15) is 4.79 Å². The fourth-order valence-corrected chi connectivity index (χ4v) is 2.48. The van der Waals surface area contributed by atoms with Crippen LogP contribution in [-0.2, 0) is 11.2 Å². The Bertz CT molecular complexity index is 584. The van der Waals surface area contributed by atoms with Gasteiger partial charge in [0.1, 0.15) is 0 Å². The molecule has 0 saturated heterocycles. The smallest absolute Gasteiger partial charge is 0.159 e. The van der Waals surface area contributed by atoms with Crippen LogP contribution in [-0.4, -0.2) is 5.78 Å². The largest absolute Gasteiger partial charge is 0.294 e. The molecule has 0 bridgehead atoms. The SMILES string of the molecule is C/C=C\C(=O)Cc1ccc2ccccc2c1Br. The highest BCUT2D eigenvalue weighted by atomic mass is 79.9. The van der Waals surface area contributed by atoms with Crippen molar-refractivity contribution in [1.82, 2.24) is 0 Å². The van der Waals surface area contributed by atoms with E-state index < -0.39 is 0 Å². The van der Waals surface area contributed by atoms with Crippen molar-refractivity contribution in [3.8, 4) is 0 Å². The molecule has 0 aromatic heterocycles. The zero-order chi connectivity index (χ0) is 12.3. The van der Waals surface area contributed by atoms with Gasteiger partial charge in [-0.1, -0.05) is 42.5 Å². The minimum Gasteiger partial charge on any atom is -0.294 e. The van der Waals surface area contributed by atoms with Crippen LogP contribution in [0, 0.1) is 0 Å². The number of hydrogen-bond donors (Lipinski definition) is 0. The van der Waals surface area contributed by atoms with E-state index in [1.54, 1.807) is 12.2 Å². The second-order valence-corrected chi connectivity index (χ2v) is 4.70. The molecule has 0 heterocycles. The summed E-state index contributed by atoms with van der Waals surface area (Å²) in [5.41, 5.74) is 1.03. The van der Waals surface area contributed by atoms with Gasteiger partial charge in [0.15, 0.2) is 5.78 Å². The number of benzene rings is 2. The first-order valence-electron chi connectivity index (χ1n) is 5.54. The second-order valence-electron chi connectivity index (χ2n) is 3.90. The fraction of sp³-hybridized carbons (Fsp3) is 0.133. The highest BCUT2D eigenvalue weighted by molar-refractivity contribution is 9.10. The van der Waals surface area contributed by atoms with Gasteiger partial charge in [0.05, 0.1) is 0 Å². The number of allylic oxidation sites excluding steroid dienone is 2. The van der Waals surface area contributed by atoms with Crippen molar-refractivity contribution in [2.45, 2.75) is 13.3 Å². The summed E-state index contributed by atoms with van der Waals surface area (Å²) >= 11 is 3.59. The molecule has 0 aliphatic heterocycles. The van der Waals surface area contributed by atoms with Crippen molar-refractivity contribution < 1.29 is 4.79 Å². The van der Waals surface area contributed by atoms with Crippen LogP contribution in [0.3, 0.4) is 0 Å². The molecular formula is C15H13BrO. The Labute approximate surface area is 109 Å². The maximum absolute atomic E-state index is 11.6. The normalized spacial score (nSPS) is 11.2. The van der Waals surface area contributed by atoms with Crippen LogP contribution < -0.4 is 0 Å². The Morgan fingerprint density at radius 1 is 1.24 bits per heavy atom. The summed E-state index contributed by atoms with van der Waals surface area (Å²) in [7, 11) is 0. The minimum atomic E-state index is 0.128. The van der Waals surface area contributed by atoms with Crippen molar-refractivity contribution in [3.63, 3.8) is 0 Å². The number of fused-ring (bicyclic) bond motifs is 1. The molecular weight excluding hydrogens is 276 g/mol. The molecule has 2 aromatic rings. The van der Waals surface area contributed by atoms with E-state index in [2.05, 4.69) is 34.1 Å². The van der Waals surface area contributed by atoms with E-state index in [-0.39, 0.29) is 5.78 Å². The van der Waals surface area contributed by atoms with Gasteiger partial charge >= 0.3 is 0 Å². The molecule has 0 fully saturated rings. The van der Waals surface area contributed by atoms with Gasteiger partial charge in [-0.2, -0.15) is 0 Å². The van der Waals surface area contributed by atoms with Crippen molar-refractivity contribution in [3.05, 3.63) is 58.6 Å². The fourth-order valence-electron chi connectivity index (χ4n) is 1.85. The first-order chi connectivity index (χ1) is 8.22. The van der Waals surface area contributed by atoms with Gasteiger partial charge in [-0.05, 0) is 45.3 Å². The van der Waals surface area contributed by atoms with Crippen LogP contribution in [0.15, 0.2) is 53.0 Å². The van der Waals surface area contributed by atoms with E-state index in [1.165, 1.54) is 5.39 Å². The molecule has 0 amide bonds. The van der Waals surface area contributed by atoms with Gasteiger partial charge in [0.25, 0.3) is 0 Å². The molecule has 0 aliphatic rings. The third kappa shape index (κ3) is 2.64. The third-order valence-corrected chi connectivity index (χ3v) is 3.60. The second kappa shape index (κ2) is 5.28. The van der Waals surface area contributed by atoms with Gasteiger partial charge in [-0.3, -0.25) is 4.79 Å². The zero-order valence-corrected chi connectivity index (χ0v) is 11.2. The number of halogens is 1. The van der Waals surface area contributed by atoms with Gasteiger partial charge < -0.3 is 0 Å². The van der Waals surface area contributed by atoms with Crippen LogP contribution in [0.4, 0.5) is 0 Å². The molecule has 1 nitrogen and oxygen atoms in total. The third-order valence-electron chi connectivity index (χ3n) is 2.66. The monoisotopic (exact) mass is 288 g/mol. The minimum absolute atomic E-state index is 0.128. The number of carbonyl (C=O) groups excluding carboxylic acids is 1. The average Bonchev–Trinajstić information content (AvgIpc) is 2.33. The molecule has 2 heteroatoms. The Morgan fingerprint density at radius 3 is 2.76 bits per heavy atom. The predicted molar refractivity (Wildman–Crippen MR) is 75.2 cm³/mol. The maximum Gasteiger partial charge on any atom is 0.159 e. The van der Waals surface area contributed by atoms with Crippen molar-refractivity contribution in [1.29, 1.82) is 0 Å². The molecule has 86 valence electrons. The van der Waals surface area contributed by atoms with E-state index in [4.69, 9.17) is 0 Å². The lowest BCUT2D eigenvalue weighted by Gasteiger charge is -2.06. The first kappa shape index (κ1) is 12.1. The summed E-state index contributed by atoms with van der Waals surface area (Å²) in [4.78, 5) is 11.6. The summed E-state index contributed by atoms with van der Waals surface area (Å²) in [5, 5.41) is 2.33. The molecule has 2 rings (SSSR count). The number of carbonyl (C=O) groups is 1. The average molecular weight is 289 g/mol. The Balaban J connectivity index is 2.42. The predicted octanol–water partition coefficient (Wildman–Crippen LogP) is 4.29. The van der Waals surface area contributed by atoms with Crippen LogP contribution in [0.5, 0.6) is 0 Å². The highest BCUT2D eigenvalue weighted by Gasteiger charge is 2.07. The number of rotatable bonds is 3. The van der Waals surface area contributed by atoms with Crippen molar-refractivity contribution in [2.24, 2.45) is 0 Å². The molecule has 17 heavy (non-hydrogen) atoms.